The maximum atomic E-state index is 12.2. The molecule has 1 N–H and O–H groups in total. The van der Waals surface area contributed by atoms with Crippen LogP contribution in [-0.2, 0) is 0 Å². The van der Waals surface area contributed by atoms with Gasteiger partial charge in [0, 0.05) is 19.6 Å². The Hall–Kier alpha value is -0.800. The van der Waals surface area contributed by atoms with Crippen LogP contribution < -0.4 is 5.43 Å². The molecular weight excluding hydrogens is 207 g/mol. The predicted octanol–water partition coefficient (Wildman–Crippen LogP) is 1.68. The van der Waals surface area contributed by atoms with Gasteiger partial charge in [0.1, 0.15) is 0 Å². The number of hydrogen-bond donors (Lipinski definition) is 1. The van der Waals surface area contributed by atoms with Crippen LogP contribution in [0.15, 0.2) is 0 Å². The molecule has 15 heavy (non-hydrogen) atoms. The van der Waals surface area contributed by atoms with Gasteiger partial charge in [0.25, 0.3) is 0 Å². The number of nitrogens with one attached hydrogen (secondary N) is 1. The van der Waals surface area contributed by atoms with Crippen LogP contribution in [0.1, 0.15) is 19.3 Å². The average Bonchev–Trinajstić information content (AvgIpc) is 2.18. The standard InChI is InChI=1S/C9H14F3N3/c10-9(11,12)8(6-13)7-14-15-4-2-1-3-5-15/h8,14H,1-5,7H2. The molecule has 1 saturated heterocycles. The van der Waals surface area contributed by atoms with E-state index in [9.17, 15) is 13.2 Å². The second-order valence-electron chi connectivity index (χ2n) is 3.63. The highest BCUT2D eigenvalue weighted by atomic mass is 19.4. The largest absolute Gasteiger partial charge is 0.405 e. The van der Waals surface area contributed by atoms with Crippen molar-refractivity contribution in [3.63, 3.8) is 0 Å². The van der Waals surface area contributed by atoms with E-state index in [2.05, 4.69) is 5.43 Å². The van der Waals surface area contributed by atoms with Gasteiger partial charge in [-0.1, -0.05) is 6.42 Å². The maximum absolute atomic E-state index is 12.2. The van der Waals surface area contributed by atoms with Crippen molar-refractivity contribution in [3.05, 3.63) is 0 Å². The summed E-state index contributed by atoms with van der Waals surface area (Å²) in [5, 5.41) is 10.1. The van der Waals surface area contributed by atoms with E-state index in [1.54, 1.807) is 5.01 Å². The summed E-state index contributed by atoms with van der Waals surface area (Å²) in [5.41, 5.74) is 2.67. The van der Waals surface area contributed by atoms with Gasteiger partial charge in [-0.15, -0.1) is 0 Å². The minimum Gasteiger partial charge on any atom is -0.254 e. The third-order valence-corrected chi connectivity index (χ3v) is 2.43. The lowest BCUT2D eigenvalue weighted by Crippen LogP contribution is -2.45. The first-order valence-electron chi connectivity index (χ1n) is 4.99. The van der Waals surface area contributed by atoms with E-state index in [0.29, 0.717) is 0 Å². The molecule has 1 fully saturated rings. The predicted molar refractivity (Wildman–Crippen MR) is 48.6 cm³/mol. The van der Waals surface area contributed by atoms with Crippen molar-refractivity contribution in [3.8, 4) is 6.07 Å². The zero-order valence-electron chi connectivity index (χ0n) is 8.35. The second-order valence-corrected chi connectivity index (χ2v) is 3.63. The van der Waals surface area contributed by atoms with Crippen molar-refractivity contribution in [1.82, 2.24) is 10.4 Å². The van der Waals surface area contributed by atoms with Gasteiger partial charge in [0.2, 0.25) is 0 Å². The molecule has 0 saturated carbocycles. The molecule has 0 aromatic heterocycles. The lowest BCUT2D eigenvalue weighted by Gasteiger charge is -2.28. The zero-order valence-corrected chi connectivity index (χ0v) is 8.35. The van der Waals surface area contributed by atoms with Crippen molar-refractivity contribution in [2.45, 2.75) is 25.4 Å². The van der Waals surface area contributed by atoms with Gasteiger partial charge in [0.15, 0.2) is 5.92 Å². The second kappa shape index (κ2) is 5.33. The molecule has 1 atom stereocenters. The molecule has 0 radical (unpaired) electrons. The average molecular weight is 221 g/mol. The fourth-order valence-corrected chi connectivity index (χ4v) is 1.51. The van der Waals surface area contributed by atoms with Gasteiger partial charge >= 0.3 is 6.18 Å². The molecule has 0 amide bonds. The number of nitrogens with zero attached hydrogens (tertiary/aromatic N) is 2. The third kappa shape index (κ3) is 4.06. The summed E-state index contributed by atoms with van der Waals surface area (Å²) in [6, 6.07) is 1.27. The molecule has 0 bridgehead atoms. The Balaban J connectivity index is 2.31. The monoisotopic (exact) mass is 221 g/mol. The highest BCUT2D eigenvalue weighted by Crippen LogP contribution is 2.25. The Morgan fingerprint density at radius 1 is 1.27 bits per heavy atom. The molecule has 1 aliphatic rings. The molecule has 3 nitrogen and oxygen atoms in total. The van der Waals surface area contributed by atoms with Crippen molar-refractivity contribution in [2.24, 2.45) is 5.92 Å². The third-order valence-electron chi connectivity index (χ3n) is 2.43. The Labute approximate surface area is 86.8 Å². The van der Waals surface area contributed by atoms with Gasteiger partial charge in [-0.05, 0) is 12.8 Å². The van der Waals surface area contributed by atoms with Crippen LogP contribution in [0.4, 0.5) is 13.2 Å². The van der Waals surface area contributed by atoms with Gasteiger partial charge in [-0.25, -0.2) is 5.01 Å². The summed E-state index contributed by atoms with van der Waals surface area (Å²) in [5.74, 6) is -1.92. The molecule has 6 heteroatoms. The highest BCUT2D eigenvalue weighted by molar-refractivity contribution is 4.89. The Morgan fingerprint density at radius 3 is 2.33 bits per heavy atom. The van der Waals surface area contributed by atoms with E-state index in [1.165, 1.54) is 6.07 Å². The van der Waals surface area contributed by atoms with Crippen molar-refractivity contribution in [2.75, 3.05) is 19.6 Å². The van der Waals surface area contributed by atoms with E-state index in [1.807, 2.05) is 0 Å². The van der Waals surface area contributed by atoms with E-state index in [4.69, 9.17) is 5.26 Å². The molecule has 1 aliphatic heterocycles. The smallest absolute Gasteiger partial charge is 0.254 e. The first kappa shape index (κ1) is 12.3. The maximum Gasteiger partial charge on any atom is 0.405 e. The van der Waals surface area contributed by atoms with E-state index in [-0.39, 0.29) is 6.54 Å². The summed E-state index contributed by atoms with van der Waals surface area (Å²) in [7, 11) is 0. The fourth-order valence-electron chi connectivity index (χ4n) is 1.51. The van der Waals surface area contributed by atoms with Gasteiger partial charge < -0.3 is 0 Å². The number of hydrazine groups is 1. The van der Waals surface area contributed by atoms with Crippen LogP contribution in [0.2, 0.25) is 0 Å². The molecule has 1 rings (SSSR count). The number of hydrogen-bond acceptors (Lipinski definition) is 3. The zero-order chi connectivity index (χ0) is 11.3. The number of alkyl halides is 3. The fraction of sp³-hybridized carbons (Fsp3) is 0.889. The van der Waals surface area contributed by atoms with Crippen LogP contribution >= 0.6 is 0 Å². The lowest BCUT2D eigenvalue weighted by molar-refractivity contribution is -0.160. The molecule has 1 unspecified atom stereocenters. The SMILES string of the molecule is N#CC(CNN1CCCCC1)C(F)(F)F. The molecule has 0 spiro atoms. The molecule has 86 valence electrons. The first-order valence-corrected chi connectivity index (χ1v) is 4.99. The lowest BCUT2D eigenvalue weighted by atomic mass is 10.1. The number of piperidine rings is 1. The van der Waals surface area contributed by atoms with Crippen molar-refractivity contribution >= 4 is 0 Å². The minimum atomic E-state index is -4.43. The molecule has 1 heterocycles. The number of nitriles is 1. The van der Waals surface area contributed by atoms with Crippen molar-refractivity contribution in [1.29, 1.82) is 5.26 Å². The molecule has 0 aromatic carbocycles. The summed E-state index contributed by atoms with van der Waals surface area (Å²) in [6.45, 7) is 1.17. The van der Waals surface area contributed by atoms with Crippen LogP contribution in [0.3, 0.4) is 0 Å². The summed E-state index contributed by atoms with van der Waals surface area (Å²) in [4.78, 5) is 0. The summed E-state index contributed by atoms with van der Waals surface area (Å²) in [6.07, 6.45) is -1.32. The van der Waals surface area contributed by atoms with Gasteiger partial charge in [-0.2, -0.15) is 18.4 Å². The van der Waals surface area contributed by atoms with Crippen LogP contribution in [0, 0.1) is 17.2 Å². The minimum absolute atomic E-state index is 0.347. The molecule has 0 aliphatic carbocycles. The molecule has 0 aromatic rings. The van der Waals surface area contributed by atoms with Crippen molar-refractivity contribution < 1.29 is 13.2 Å². The highest BCUT2D eigenvalue weighted by Gasteiger charge is 2.39. The van der Waals surface area contributed by atoms with Crippen LogP contribution in [0.25, 0.3) is 0 Å². The first-order chi connectivity index (χ1) is 7.04. The van der Waals surface area contributed by atoms with Crippen LogP contribution in [-0.4, -0.2) is 30.8 Å². The quantitative estimate of drug-likeness (QED) is 0.788. The summed E-state index contributed by atoms with van der Waals surface area (Å²) >= 11 is 0. The summed E-state index contributed by atoms with van der Waals surface area (Å²) < 4.78 is 36.6. The van der Waals surface area contributed by atoms with Gasteiger partial charge in [-0.3, -0.25) is 5.43 Å². The Kier molecular flexibility index (Phi) is 4.36. The van der Waals surface area contributed by atoms with Gasteiger partial charge in [0.05, 0.1) is 6.07 Å². The number of rotatable bonds is 3. The van der Waals surface area contributed by atoms with Crippen LogP contribution in [0.5, 0.6) is 0 Å². The Bertz CT molecular complexity index is 228. The number of halogens is 3. The molecular formula is C9H14F3N3. The normalized spacial score (nSPS) is 20.9. The Morgan fingerprint density at radius 2 is 1.87 bits per heavy atom. The van der Waals surface area contributed by atoms with E-state index >= 15 is 0 Å². The van der Waals surface area contributed by atoms with E-state index < -0.39 is 12.1 Å². The van der Waals surface area contributed by atoms with E-state index in [0.717, 1.165) is 32.4 Å². The topological polar surface area (TPSA) is 39.1 Å².